The quantitative estimate of drug-likeness (QED) is 0.714. The number of amides is 1. The molecule has 2 heterocycles. The Labute approximate surface area is 161 Å². The largest absolute Gasteiger partial charge is 0.379 e. The Morgan fingerprint density at radius 1 is 1.22 bits per heavy atom. The van der Waals surface area contributed by atoms with Crippen molar-refractivity contribution in [1.82, 2.24) is 15.1 Å². The molecule has 1 amide bonds. The standard InChI is InChI=1S/C21H32FN3O2/c1-17-7-12-24(13-8-17)14-10-23-16-21(27)9-2-11-25(20(21)26)15-18-3-5-19(22)6-4-18/h3-6,17,23,27H,2,7-16H2,1H3/t21-/m1/s1. The van der Waals surface area contributed by atoms with E-state index in [1.54, 1.807) is 17.0 Å². The van der Waals surface area contributed by atoms with Gasteiger partial charge in [-0.1, -0.05) is 19.1 Å². The third-order valence-corrected chi connectivity index (χ3v) is 5.89. The highest BCUT2D eigenvalue weighted by atomic mass is 19.1. The summed E-state index contributed by atoms with van der Waals surface area (Å²) in [5.74, 6) is 0.312. The van der Waals surface area contributed by atoms with Crippen molar-refractivity contribution in [2.45, 2.75) is 44.8 Å². The van der Waals surface area contributed by atoms with Gasteiger partial charge in [-0.05, 0) is 62.4 Å². The highest BCUT2D eigenvalue weighted by Crippen LogP contribution is 2.24. The Morgan fingerprint density at radius 3 is 2.63 bits per heavy atom. The van der Waals surface area contributed by atoms with Gasteiger partial charge >= 0.3 is 0 Å². The van der Waals surface area contributed by atoms with Crippen molar-refractivity contribution in [2.75, 3.05) is 39.3 Å². The van der Waals surface area contributed by atoms with E-state index in [0.717, 1.165) is 44.1 Å². The molecular weight excluding hydrogens is 345 g/mol. The third kappa shape index (κ3) is 5.50. The molecule has 2 fully saturated rings. The summed E-state index contributed by atoms with van der Waals surface area (Å²) in [5.41, 5.74) is -0.462. The molecule has 150 valence electrons. The van der Waals surface area contributed by atoms with Crippen LogP contribution in [0.3, 0.4) is 0 Å². The van der Waals surface area contributed by atoms with Crippen molar-refractivity contribution in [3.8, 4) is 0 Å². The first-order chi connectivity index (χ1) is 13.0. The van der Waals surface area contributed by atoms with Crippen LogP contribution in [0.4, 0.5) is 4.39 Å². The number of piperidine rings is 2. The second-order valence-electron chi connectivity index (χ2n) is 8.19. The number of benzene rings is 1. The SMILES string of the molecule is CC1CCN(CCNC[C@]2(O)CCCN(Cc3ccc(F)cc3)C2=O)CC1. The molecule has 5 nitrogen and oxygen atoms in total. The summed E-state index contributed by atoms with van der Waals surface area (Å²) in [4.78, 5) is 16.9. The molecule has 0 spiro atoms. The van der Waals surface area contributed by atoms with E-state index >= 15 is 0 Å². The number of nitrogens with zero attached hydrogens (tertiary/aromatic N) is 2. The maximum atomic E-state index is 13.1. The lowest BCUT2D eigenvalue weighted by atomic mass is 9.91. The van der Waals surface area contributed by atoms with Gasteiger partial charge in [0.15, 0.2) is 5.60 Å². The van der Waals surface area contributed by atoms with Crippen LogP contribution in [-0.2, 0) is 11.3 Å². The summed E-state index contributed by atoms with van der Waals surface area (Å²) in [6.07, 6.45) is 3.76. The van der Waals surface area contributed by atoms with E-state index in [-0.39, 0.29) is 18.3 Å². The fourth-order valence-corrected chi connectivity index (χ4v) is 4.01. The van der Waals surface area contributed by atoms with Gasteiger partial charge in [0.1, 0.15) is 5.82 Å². The highest BCUT2D eigenvalue weighted by Gasteiger charge is 2.41. The van der Waals surface area contributed by atoms with E-state index in [1.807, 2.05) is 0 Å². The average molecular weight is 378 g/mol. The van der Waals surface area contributed by atoms with Crippen LogP contribution in [0.2, 0.25) is 0 Å². The molecule has 3 rings (SSSR count). The van der Waals surface area contributed by atoms with E-state index in [9.17, 15) is 14.3 Å². The lowest BCUT2D eigenvalue weighted by Crippen LogP contribution is -2.58. The molecule has 0 radical (unpaired) electrons. The highest BCUT2D eigenvalue weighted by molar-refractivity contribution is 5.86. The Bertz CT molecular complexity index is 616. The monoisotopic (exact) mass is 377 g/mol. The maximum absolute atomic E-state index is 13.1. The van der Waals surface area contributed by atoms with Crippen molar-refractivity contribution in [1.29, 1.82) is 0 Å². The molecule has 0 saturated carbocycles. The molecule has 0 aromatic heterocycles. The summed E-state index contributed by atoms with van der Waals surface area (Å²) in [6, 6.07) is 6.18. The molecule has 0 bridgehead atoms. The van der Waals surface area contributed by atoms with Crippen LogP contribution < -0.4 is 5.32 Å². The summed E-state index contributed by atoms with van der Waals surface area (Å²) in [5, 5.41) is 14.2. The number of aliphatic hydroxyl groups is 1. The fraction of sp³-hybridized carbons (Fsp3) is 0.667. The minimum absolute atomic E-state index is 0.225. The first-order valence-corrected chi connectivity index (χ1v) is 10.2. The normalized spacial score (nSPS) is 25.1. The predicted octanol–water partition coefficient (Wildman–Crippen LogP) is 2.00. The van der Waals surface area contributed by atoms with Gasteiger partial charge in [0.05, 0.1) is 0 Å². The lowest BCUT2D eigenvalue weighted by molar-refractivity contribution is -0.157. The zero-order valence-corrected chi connectivity index (χ0v) is 16.3. The summed E-state index contributed by atoms with van der Waals surface area (Å²) >= 11 is 0. The van der Waals surface area contributed by atoms with Crippen LogP contribution in [0.1, 0.15) is 38.2 Å². The van der Waals surface area contributed by atoms with Crippen molar-refractivity contribution in [3.63, 3.8) is 0 Å². The van der Waals surface area contributed by atoms with Crippen LogP contribution >= 0.6 is 0 Å². The van der Waals surface area contributed by atoms with E-state index in [0.29, 0.717) is 19.5 Å². The molecule has 1 atom stereocenters. The minimum Gasteiger partial charge on any atom is -0.379 e. The number of hydrogen-bond donors (Lipinski definition) is 2. The molecule has 27 heavy (non-hydrogen) atoms. The van der Waals surface area contributed by atoms with Crippen LogP contribution in [-0.4, -0.2) is 65.7 Å². The fourth-order valence-electron chi connectivity index (χ4n) is 4.01. The summed E-state index contributed by atoms with van der Waals surface area (Å²) in [7, 11) is 0. The number of hydrogen-bond acceptors (Lipinski definition) is 4. The molecule has 2 saturated heterocycles. The van der Waals surface area contributed by atoms with Gasteiger partial charge in [0, 0.05) is 32.7 Å². The molecule has 2 aliphatic heterocycles. The van der Waals surface area contributed by atoms with Crippen molar-refractivity contribution in [2.24, 2.45) is 5.92 Å². The predicted molar refractivity (Wildman–Crippen MR) is 104 cm³/mol. The van der Waals surface area contributed by atoms with Gasteiger partial charge in [-0.3, -0.25) is 4.79 Å². The van der Waals surface area contributed by atoms with Gasteiger partial charge in [-0.25, -0.2) is 4.39 Å². The lowest BCUT2D eigenvalue weighted by Gasteiger charge is -2.38. The average Bonchev–Trinajstić information content (AvgIpc) is 2.66. The molecule has 1 aromatic carbocycles. The Kier molecular flexibility index (Phi) is 6.84. The van der Waals surface area contributed by atoms with Crippen LogP contribution in [0, 0.1) is 11.7 Å². The van der Waals surface area contributed by atoms with E-state index in [2.05, 4.69) is 17.1 Å². The van der Waals surface area contributed by atoms with Crippen molar-refractivity contribution < 1.29 is 14.3 Å². The molecule has 2 N–H and O–H groups in total. The topological polar surface area (TPSA) is 55.8 Å². The van der Waals surface area contributed by atoms with Crippen LogP contribution in [0.25, 0.3) is 0 Å². The van der Waals surface area contributed by atoms with Gasteiger partial charge in [0.2, 0.25) is 0 Å². The number of halogens is 1. The molecule has 0 aliphatic carbocycles. The van der Waals surface area contributed by atoms with Crippen molar-refractivity contribution >= 4 is 5.91 Å². The number of rotatable bonds is 7. The second-order valence-corrected chi connectivity index (χ2v) is 8.19. The Morgan fingerprint density at radius 2 is 1.93 bits per heavy atom. The maximum Gasteiger partial charge on any atom is 0.256 e. The van der Waals surface area contributed by atoms with Gasteiger partial charge in [0.25, 0.3) is 5.91 Å². The number of carbonyl (C=O) groups excluding carboxylic acids is 1. The number of carbonyl (C=O) groups is 1. The van der Waals surface area contributed by atoms with E-state index in [1.165, 1.54) is 25.0 Å². The molecule has 2 aliphatic rings. The smallest absolute Gasteiger partial charge is 0.256 e. The van der Waals surface area contributed by atoms with Gasteiger partial charge in [-0.2, -0.15) is 0 Å². The zero-order valence-electron chi connectivity index (χ0n) is 16.3. The first-order valence-electron chi connectivity index (χ1n) is 10.2. The Hall–Kier alpha value is -1.50. The van der Waals surface area contributed by atoms with Gasteiger partial charge < -0.3 is 20.2 Å². The molecule has 6 heteroatoms. The van der Waals surface area contributed by atoms with Crippen LogP contribution in [0.15, 0.2) is 24.3 Å². The second kappa shape index (κ2) is 9.13. The summed E-state index contributed by atoms with van der Waals surface area (Å²) < 4.78 is 13.1. The van der Waals surface area contributed by atoms with Crippen molar-refractivity contribution in [3.05, 3.63) is 35.6 Å². The third-order valence-electron chi connectivity index (χ3n) is 5.89. The van der Waals surface area contributed by atoms with E-state index in [4.69, 9.17) is 0 Å². The zero-order chi connectivity index (χ0) is 19.3. The molecule has 1 aromatic rings. The summed E-state index contributed by atoms with van der Waals surface area (Å²) in [6.45, 7) is 7.64. The Balaban J connectivity index is 1.46. The number of likely N-dealkylation sites (tertiary alicyclic amines) is 2. The minimum atomic E-state index is -1.34. The molecular formula is C21H32FN3O2. The van der Waals surface area contributed by atoms with Gasteiger partial charge in [-0.15, -0.1) is 0 Å². The van der Waals surface area contributed by atoms with Crippen LogP contribution in [0.5, 0.6) is 0 Å². The number of nitrogens with one attached hydrogen (secondary N) is 1. The molecule has 0 unspecified atom stereocenters. The first kappa shape index (κ1) is 20.2. The van der Waals surface area contributed by atoms with E-state index < -0.39 is 5.60 Å².